The first-order valence-corrected chi connectivity index (χ1v) is 14.8. The number of primary sulfonamides is 1. The molecule has 0 bridgehead atoms. The lowest BCUT2D eigenvalue weighted by molar-refractivity contribution is 0.0691. The van der Waals surface area contributed by atoms with Gasteiger partial charge in [-0.15, -0.1) is 11.3 Å². The van der Waals surface area contributed by atoms with Crippen molar-refractivity contribution in [1.29, 1.82) is 0 Å². The highest BCUT2D eigenvalue weighted by atomic mass is 32.2. The van der Waals surface area contributed by atoms with Gasteiger partial charge in [0.2, 0.25) is 15.2 Å². The second-order valence-corrected chi connectivity index (χ2v) is 12.4. The first-order chi connectivity index (χ1) is 18.4. The number of carbonyl (C=O) groups is 1. The van der Waals surface area contributed by atoms with E-state index in [1.54, 1.807) is 16.8 Å². The first-order valence-electron chi connectivity index (χ1n) is 12.3. The van der Waals surface area contributed by atoms with Crippen molar-refractivity contribution in [1.82, 2.24) is 14.8 Å². The van der Waals surface area contributed by atoms with Gasteiger partial charge in [0.05, 0.1) is 11.4 Å². The Bertz CT molecular complexity index is 1690. The molecule has 1 aliphatic carbocycles. The first kappa shape index (κ1) is 27.1. The molecule has 2 aromatic carbocycles. The van der Waals surface area contributed by atoms with Crippen molar-refractivity contribution in [3.8, 4) is 16.4 Å². The third-order valence-corrected chi connectivity index (χ3v) is 8.50. The smallest absolute Gasteiger partial charge is 0.355 e. The second-order valence-electron chi connectivity index (χ2n) is 10.0. The fourth-order valence-corrected chi connectivity index (χ4v) is 5.91. The van der Waals surface area contributed by atoms with Gasteiger partial charge >= 0.3 is 5.97 Å². The predicted octanol–water partition coefficient (Wildman–Crippen LogP) is 5.29. The molecule has 2 heterocycles. The second kappa shape index (κ2) is 10.2. The number of thiazole rings is 1. The Balaban J connectivity index is 1.70. The SMILES string of the molecule is CC(C)c1cc(-c2nn(-c3nc(C(=O)O)cs3)c(CC3CC3)c2Cc2ccc(S(N)(=O)=O)c(F)c2)ccc1F. The zero-order chi connectivity index (χ0) is 28.1. The molecule has 5 rings (SSSR count). The summed E-state index contributed by atoms with van der Waals surface area (Å²) in [5.74, 6) is -2.12. The van der Waals surface area contributed by atoms with E-state index in [0.717, 1.165) is 47.6 Å². The summed E-state index contributed by atoms with van der Waals surface area (Å²) in [4.78, 5) is 15.2. The van der Waals surface area contributed by atoms with Crippen molar-refractivity contribution >= 4 is 27.3 Å². The van der Waals surface area contributed by atoms with E-state index < -0.39 is 26.7 Å². The van der Waals surface area contributed by atoms with Crippen LogP contribution < -0.4 is 5.14 Å². The number of benzene rings is 2. The Morgan fingerprint density at radius 3 is 2.51 bits per heavy atom. The van der Waals surface area contributed by atoms with E-state index in [2.05, 4.69) is 4.98 Å². The molecule has 1 aliphatic rings. The van der Waals surface area contributed by atoms with Gasteiger partial charge in [-0.3, -0.25) is 0 Å². The van der Waals surface area contributed by atoms with Gasteiger partial charge in [0, 0.05) is 22.9 Å². The maximum atomic E-state index is 14.7. The number of aromatic carboxylic acids is 1. The minimum atomic E-state index is -4.23. The van der Waals surface area contributed by atoms with E-state index in [4.69, 9.17) is 10.2 Å². The van der Waals surface area contributed by atoms with Gasteiger partial charge < -0.3 is 5.11 Å². The fraction of sp³-hybridized carbons (Fsp3) is 0.296. The summed E-state index contributed by atoms with van der Waals surface area (Å²) in [6, 6.07) is 8.54. The molecule has 0 unspecified atom stereocenters. The van der Waals surface area contributed by atoms with Crippen LogP contribution in [0.3, 0.4) is 0 Å². The molecule has 39 heavy (non-hydrogen) atoms. The van der Waals surface area contributed by atoms with Crippen LogP contribution >= 0.6 is 11.3 Å². The van der Waals surface area contributed by atoms with Gasteiger partial charge in [-0.2, -0.15) is 5.10 Å². The van der Waals surface area contributed by atoms with Crippen LogP contribution in [0.4, 0.5) is 8.78 Å². The number of sulfonamides is 1. The van der Waals surface area contributed by atoms with Crippen LogP contribution in [0, 0.1) is 17.6 Å². The Labute approximate surface area is 228 Å². The number of hydrogen-bond donors (Lipinski definition) is 2. The lowest BCUT2D eigenvalue weighted by Crippen LogP contribution is -2.14. The van der Waals surface area contributed by atoms with Gasteiger partial charge in [0.15, 0.2) is 5.69 Å². The van der Waals surface area contributed by atoms with Crippen molar-refractivity contribution in [2.24, 2.45) is 11.1 Å². The molecule has 8 nitrogen and oxygen atoms in total. The third-order valence-electron chi connectivity index (χ3n) is 6.74. The highest BCUT2D eigenvalue weighted by molar-refractivity contribution is 7.89. The standard InChI is InChI=1S/C27H26F2N4O4S2/c1-14(2)18-12-17(6-7-20(18)28)25-19(9-16-5-8-24(21(29)10-16)39(30,36)37)23(11-15-3-4-15)33(32-25)27-31-22(13-38-27)26(34)35/h5-8,10,12-15H,3-4,9,11H2,1-2H3,(H,34,35)(H2,30,36,37). The molecule has 4 aromatic rings. The maximum absolute atomic E-state index is 14.7. The van der Waals surface area contributed by atoms with E-state index in [0.29, 0.717) is 39.9 Å². The number of halogens is 2. The molecule has 0 spiro atoms. The van der Waals surface area contributed by atoms with Crippen molar-refractivity contribution in [3.63, 3.8) is 0 Å². The van der Waals surface area contributed by atoms with Crippen LogP contribution in [0.1, 0.15) is 65.5 Å². The Morgan fingerprint density at radius 2 is 1.92 bits per heavy atom. The summed E-state index contributed by atoms with van der Waals surface area (Å²) in [6.07, 6.45) is 2.90. The van der Waals surface area contributed by atoms with Gasteiger partial charge in [-0.1, -0.05) is 19.9 Å². The topological polar surface area (TPSA) is 128 Å². The molecule has 2 aromatic heterocycles. The normalized spacial score (nSPS) is 13.8. The van der Waals surface area contributed by atoms with Crippen molar-refractivity contribution in [2.45, 2.75) is 50.3 Å². The fourth-order valence-electron chi connectivity index (χ4n) is 4.55. The molecular weight excluding hydrogens is 546 g/mol. The molecule has 3 N–H and O–H groups in total. The zero-order valence-electron chi connectivity index (χ0n) is 21.2. The highest BCUT2D eigenvalue weighted by Gasteiger charge is 2.30. The van der Waals surface area contributed by atoms with Crippen LogP contribution in [-0.2, 0) is 22.9 Å². The van der Waals surface area contributed by atoms with Gasteiger partial charge in [-0.05, 0) is 72.6 Å². The number of hydrogen-bond acceptors (Lipinski definition) is 6. The predicted molar refractivity (Wildman–Crippen MR) is 143 cm³/mol. The number of nitrogens with zero attached hydrogens (tertiary/aromatic N) is 3. The van der Waals surface area contributed by atoms with E-state index >= 15 is 0 Å². The third kappa shape index (κ3) is 5.63. The number of carboxylic acid groups (broad SMARTS) is 1. The average molecular weight is 573 g/mol. The van der Waals surface area contributed by atoms with Crippen molar-refractivity contribution in [2.75, 3.05) is 0 Å². The molecular formula is C27H26F2N4O4S2. The number of rotatable bonds is 9. The van der Waals surface area contributed by atoms with Crippen LogP contribution in [-0.4, -0.2) is 34.3 Å². The molecule has 1 fully saturated rings. The molecule has 1 saturated carbocycles. The summed E-state index contributed by atoms with van der Waals surface area (Å²) in [5, 5.41) is 21.2. The Morgan fingerprint density at radius 1 is 1.18 bits per heavy atom. The van der Waals surface area contributed by atoms with Crippen molar-refractivity contribution < 1.29 is 27.1 Å². The van der Waals surface area contributed by atoms with E-state index in [1.807, 2.05) is 13.8 Å². The minimum Gasteiger partial charge on any atom is -0.476 e. The number of nitrogens with two attached hydrogens (primary N) is 1. The van der Waals surface area contributed by atoms with E-state index in [9.17, 15) is 27.1 Å². The molecule has 12 heteroatoms. The maximum Gasteiger partial charge on any atom is 0.355 e. The van der Waals surface area contributed by atoms with Crippen LogP contribution in [0.2, 0.25) is 0 Å². The van der Waals surface area contributed by atoms with Crippen LogP contribution in [0.25, 0.3) is 16.4 Å². The van der Waals surface area contributed by atoms with E-state index in [-0.39, 0.29) is 23.8 Å². The van der Waals surface area contributed by atoms with Crippen LogP contribution in [0.15, 0.2) is 46.7 Å². The lowest BCUT2D eigenvalue weighted by Gasteiger charge is -2.11. The molecule has 0 aliphatic heterocycles. The number of carboxylic acids is 1. The average Bonchev–Trinajstić information content (AvgIpc) is 3.41. The summed E-state index contributed by atoms with van der Waals surface area (Å²) in [7, 11) is -4.23. The molecule has 204 valence electrons. The van der Waals surface area contributed by atoms with Gasteiger partial charge in [0.1, 0.15) is 16.5 Å². The van der Waals surface area contributed by atoms with Gasteiger partial charge in [-0.25, -0.2) is 36.8 Å². The Kier molecular flexibility index (Phi) is 7.12. The van der Waals surface area contributed by atoms with Crippen molar-refractivity contribution in [3.05, 3.63) is 81.5 Å². The molecule has 0 atom stereocenters. The molecule has 0 amide bonds. The van der Waals surface area contributed by atoms with Gasteiger partial charge in [0.25, 0.3) is 0 Å². The highest BCUT2D eigenvalue weighted by Crippen LogP contribution is 2.39. The summed E-state index contributed by atoms with van der Waals surface area (Å²) >= 11 is 1.14. The summed E-state index contributed by atoms with van der Waals surface area (Å²) < 4.78 is 54.4. The minimum absolute atomic E-state index is 0.0849. The molecule has 0 saturated heterocycles. The van der Waals surface area contributed by atoms with Crippen LogP contribution in [0.5, 0.6) is 0 Å². The monoisotopic (exact) mass is 572 g/mol. The summed E-state index contributed by atoms with van der Waals surface area (Å²) in [5.41, 5.74) is 3.65. The van der Waals surface area contributed by atoms with E-state index in [1.165, 1.54) is 17.5 Å². The largest absolute Gasteiger partial charge is 0.476 e. The quantitative estimate of drug-likeness (QED) is 0.281. The summed E-state index contributed by atoms with van der Waals surface area (Å²) in [6.45, 7) is 3.78. The zero-order valence-corrected chi connectivity index (χ0v) is 22.8. The lowest BCUT2D eigenvalue weighted by atomic mass is 9.94. The number of aromatic nitrogens is 3. The Hall–Kier alpha value is -3.48. The molecule has 0 radical (unpaired) electrons.